The number of hydrogen-bond donors (Lipinski definition) is 2. The molecule has 0 unspecified atom stereocenters. The molecule has 0 radical (unpaired) electrons. The molecule has 0 aromatic carbocycles. The Morgan fingerprint density at radius 3 is 2.38 bits per heavy atom. The molecule has 0 saturated heterocycles. The topological polar surface area (TPSA) is 58.2 Å². The molecule has 1 aliphatic carbocycles. The van der Waals surface area contributed by atoms with Crippen LogP contribution < -0.4 is 9.44 Å². The van der Waals surface area contributed by atoms with Crippen LogP contribution in [0.2, 0.25) is 0 Å². The lowest BCUT2D eigenvalue weighted by Crippen LogP contribution is -2.35. The van der Waals surface area contributed by atoms with E-state index in [9.17, 15) is 9.59 Å². The molecule has 0 aromatic rings. The minimum atomic E-state index is -0.558. The molecule has 16 heavy (non-hydrogen) atoms. The van der Waals surface area contributed by atoms with E-state index in [-0.39, 0.29) is 0 Å². The largest absolute Gasteiger partial charge is 0.320 e. The molecule has 0 heterocycles. The molecular formula is C10H18N2O2S2. The Bertz CT molecular complexity index is 255. The summed E-state index contributed by atoms with van der Waals surface area (Å²) in [6.07, 6.45) is 3.49. The predicted octanol–water partition coefficient (Wildman–Crippen LogP) is 1.72. The van der Waals surface area contributed by atoms with Crippen molar-refractivity contribution in [1.82, 2.24) is 9.44 Å². The fourth-order valence-corrected chi connectivity index (χ4v) is 2.57. The highest BCUT2D eigenvalue weighted by Gasteiger charge is 2.21. The molecule has 0 spiro atoms. The highest BCUT2D eigenvalue weighted by molar-refractivity contribution is 7.99. The van der Waals surface area contributed by atoms with Crippen molar-refractivity contribution in [3.8, 4) is 0 Å². The molecule has 2 amide bonds. The number of amides is 2. The lowest BCUT2D eigenvalue weighted by Gasteiger charge is -2.23. The molecule has 1 saturated carbocycles. The zero-order valence-corrected chi connectivity index (χ0v) is 11.2. The number of rotatable bonds is 5. The van der Waals surface area contributed by atoms with Gasteiger partial charge in [0.1, 0.15) is 0 Å². The summed E-state index contributed by atoms with van der Waals surface area (Å²) in [5, 5.41) is 0.500. The molecule has 0 aliphatic heterocycles. The summed E-state index contributed by atoms with van der Waals surface area (Å²) in [6, 6.07) is 0. The van der Waals surface area contributed by atoms with Gasteiger partial charge in [0.15, 0.2) is 0 Å². The molecule has 0 aromatic heterocycles. The lowest BCUT2D eigenvalue weighted by atomic mass is 10.0. The third-order valence-electron chi connectivity index (χ3n) is 2.16. The maximum absolute atomic E-state index is 11.3. The Balaban J connectivity index is 2.07. The molecule has 0 atom stereocenters. The Morgan fingerprint density at radius 2 is 1.88 bits per heavy atom. The van der Waals surface area contributed by atoms with Gasteiger partial charge in [-0.05, 0) is 42.7 Å². The third kappa shape index (κ3) is 5.12. The van der Waals surface area contributed by atoms with Gasteiger partial charge in [0.05, 0.1) is 0 Å². The van der Waals surface area contributed by atoms with Crippen LogP contribution in [-0.2, 0) is 9.59 Å². The highest BCUT2D eigenvalue weighted by atomic mass is 32.2. The van der Waals surface area contributed by atoms with E-state index in [1.807, 2.05) is 0 Å². The quantitative estimate of drug-likeness (QED) is 0.585. The van der Waals surface area contributed by atoms with E-state index in [4.69, 9.17) is 0 Å². The van der Waals surface area contributed by atoms with Crippen molar-refractivity contribution in [2.45, 2.75) is 38.4 Å². The second kappa shape index (κ2) is 7.06. The van der Waals surface area contributed by atoms with Crippen LogP contribution in [0.4, 0.5) is 0 Å². The molecule has 1 rings (SSSR count). The third-order valence-corrected chi connectivity index (χ3v) is 4.43. The van der Waals surface area contributed by atoms with Crippen molar-refractivity contribution >= 4 is 35.7 Å². The first-order valence-electron chi connectivity index (χ1n) is 5.47. The second-order valence-corrected chi connectivity index (χ2v) is 6.17. The molecule has 2 N–H and O–H groups in total. The number of nitrogens with one attached hydrogen (secondary N) is 2. The minimum Gasteiger partial charge on any atom is -0.292 e. The number of carbonyl (C=O) groups excluding carboxylic acids is 2. The normalized spacial score (nSPS) is 15.7. The second-order valence-electron chi connectivity index (χ2n) is 4.24. The fourth-order valence-electron chi connectivity index (χ4n) is 0.992. The summed E-state index contributed by atoms with van der Waals surface area (Å²) in [7, 11) is 0. The van der Waals surface area contributed by atoms with E-state index in [1.54, 1.807) is 0 Å². The summed E-state index contributed by atoms with van der Waals surface area (Å²) in [5.74, 6) is 0.206. The maximum atomic E-state index is 11.3. The summed E-state index contributed by atoms with van der Waals surface area (Å²) in [5.41, 5.74) is 0. The lowest BCUT2D eigenvalue weighted by molar-refractivity contribution is -0.136. The molecule has 0 bridgehead atoms. The first kappa shape index (κ1) is 13.7. The molecule has 1 fully saturated rings. The molecule has 6 heteroatoms. The molecular weight excluding hydrogens is 244 g/mol. The van der Waals surface area contributed by atoms with Gasteiger partial charge in [-0.1, -0.05) is 20.3 Å². The Hall–Kier alpha value is -0.360. The molecule has 92 valence electrons. The Kier molecular flexibility index (Phi) is 6.05. The van der Waals surface area contributed by atoms with Gasteiger partial charge in [-0.25, -0.2) is 0 Å². The van der Waals surface area contributed by atoms with Crippen molar-refractivity contribution in [3.63, 3.8) is 0 Å². The van der Waals surface area contributed by atoms with Crippen molar-refractivity contribution in [1.29, 1.82) is 0 Å². The van der Waals surface area contributed by atoms with Crippen molar-refractivity contribution in [3.05, 3.63) is 0 Å². The van der Waals surface area contributed by atoms with Gasteiger partial charge < -0.3 is 0 Å². The van der Waals surface area contributed by atoms with Crippen molar-refractivity contribution in [2.24, 2.45) is 5.92 Å². The van der Waals surface area contributed by atoms with Gasteiger partial charge in [0.2, 0.25) is 0 Å². The minimum absolute atomic E-state index is 0.498. The SMILES string of the molecule is CC(C)CSNC(=O)C(=O)NSC1CCC1. The molecule has 1 aliphatic rings. The van der Waals surface area contributed by atoms with Crippen LogP contribution in [0.25, 0.3) is 0 Å². The van der Waals surface area contributed by atoms with Crippen LogP contribution in [0.15, 0.2) is 0 Å². The highest BCUT2D eigenvalue weighted by Crippen LogP contribution is 2.28. The van der Waals surface area contributed by atoms with Gasteiger partial charge in [-0.2, -0.15) is 0 Å². The van der Waals surface area contributed by atoms with Gasteiger partial charge in [0, 0.05) is 11.0 Å². The van der Waals surface area contributed by atoms with Gasteiger partial charge in [-0.3, -0.25) is 19.0 Å². The Morgan fingerprint density at radius 1 is 1.25 bits per heavy atom. The fraction of sp³-hybridized carbons (Fsp3) is 0.800. The maximum Gasteiger partial charge on any atom is 0.320 e. The van der Waals surface area contributed by atoms with Crippen molar-refractivity contribution in [2.75, 3.05) is 5.75 Å². The Labute approximate surface area is 105 Å². The van der Waals surface area contributed by atoms with Crippen LogP contribution >= 0.6 is 23.9 Å². The van der Waals surface area contributed by atoms with Gasteiger partial charge >= 0.3 is 11.8 Å². The molecule has 4 nitrogen and oxygen atoms in total. The monoisotopic (exact) mass is 262 g/mol. The number of carbonyl (C=O) groups is 2. The van der Waals surface area contributed by atoms with Crippen LogP contribution in [0.1, 0.15) is 33.1 Å². The van der Waals surface area contributed by atoms with Crippen LogP contribution in [0.3, 0.4) is 0 Å². The first-order valence-corrected chi connectivity index (χ1v) is 7.34. The van der Waals surface area contributed by atoms with Crippen molar-refractivity contribution < 1.29 is 9.59 Å². The van der Waals surface area contributed by atoms with E-state index in [2.05, 4.69) is 23.3 Å². The van der Waals surface area contributed by atoms with Gasteiger partial charge in [-0.15, -0.1) is 0 Å². The smallest absolute Gasteiger partial charge is 0.292 e. The summed E-state index contributed by atoms with van der Waals surface area (Å²) >= 11 is 2.65. The summed E-state index contributed by atoms with van der Waals surface area (Å²) in [4.78, 5) is 22.6. The zero-order valence-electron chi connectivity index (χ0n) is 9.62. The summed E-state index contributed by atoms with van der Waals surface area (Å²) < 4.78 is 5.10. The number of hydrogen-bond acceptors (Lipinski definition) is 4. The average molecular weight is 262 g/mol. The summed E-state index contributed by atoms with van der Waals surface area (Å²) in [6.45, 7) is 4.12. The first-order chi connectivity index (χ1) is 7.59. The predicted molar refractivity (Wildman–Crippen MR) is 68.8 cm³/mol. The van der Waals surface area contributed by atoms with Crippen LogP contribution in [-0.4, -0.2) is 22.8 Å². The van der Waals surface area contributed by atoms with E-state index < -0.39 is 11.8 Å². The van der Waals surface area contributed by atoms with Crippen LogP contribution in [0, 0.1) is 5.92 Å². The zero-order chi connectivity index (χ0) is 12.0. The van der Waals surface area contributed by atoms with E-state index in [1.165, 1.54) is 30.3 Å². The standard InChI is InChI=1S/C10H18N2O2S2/c1-7(2)6-15-11-9(13)10(14)12-16-8-4-3-5-8/h7-8H,3-6H2,1-2H3,(H,11,13)(H,12,14). The van der Waals surface area contributed by atoms with E-state index in [0.717, 1.165) is 18.6 Å². The van der Waals surface area contributed by atoms with Crippen LogP contribution in [0.5, 0.6) is 0 Å². The van der Waals surface area contributed by atoms with Gasteiger partial charge in [0.25, 0.3) is 0 Å². The average Bonchev–Trinajstić information content (AvgIpc) is 2.14. The van der Waals surface area contributed by atoms with E-state index in [0.29, 0.717) is 11.2 Å². The van der Waals surface area contributed by atoms with E-state index >= 15 is 0 Å².